The van der Waals surface area contributed by atoms with Gasteiger partial charge in [0.2, 0.25) is 0 Å². The zero-order valence-corrected chi connectivity index (χ0v) is 13.2. The highest BCUT2D eigenvalue weighted by molar-refractivity contribution is 9.11. The van der Waals surface area contributed by atoms with E-state index in [0.29, 0.717) is 17.3 Å². The molecule has 0 saturated heterocycles. The van der Waals surface area contributed by atoms with Gasteiger partial charge in [0.05, 0.1) is 8.95 Å². The summed E-state index contributed by atoms with van der Waals surface area (Å²) in [5, 5.41) is 0.716. The first kappa shape index (κ1) is 13.7. The fourth-order valence-electron chi connectivity index (χ4n) is 1.45. The van der Waals surface area contributed by atoms with Crippen molar-refractivity contribution < 1.29 is 4.74 Å². The third kappa shape index (κ3) is 3.40. The maximum Gasteiger partial charge on any atom is 0.148 e. The van der Waals surface area contributed by atoms with Gasteiger partial charge in [0, 0.05) is 10.7 Å². The number of ether oxygens (including phenoxy) is 1. The van der Waals surface area contributed by atoms with Crippen LogP contribution in [0.5, 0.6) is 5.75 Å². The second-order valence-corrected chi connectivity index (χ2v) is 5.87. The normalized spacial score (nSPS) is 10.4. The summed E-state index contributed by atoms with van der Waals surface area (Å²) in [6.07, 6.45) is 0. The molecule has 0 bridgehead atoms. The van der Waals surface area contributed by atoms with Gasteiger partial charge in [-0.3, -0.25) is 0 Å². The smallest absolute Gasteiger partial charge is 0.148 e. The molecular weight excluding hydrogens is 381 g/mol. The standard InChI is InChI=1S/C13H10Br2ClNO/c14-11-5-10(17)6-12(15)13(11)18-7-8-1-3-9(16)4-2-8/h1-6H,7,17H2. The van der Waals surface area contributed by atoms with Gasteiger partial charge in [-0.15, -0.1) is 0 Å². The van der Waals surface area contributed by atoms with Crippen molar-refractivity contribution in [1.29, 1.82) is 0 Å². The Balaban J connectivity index is 2.13. The molecule has 2 N–H and O–H groups in total. The Hall–Kier alpha value is -0.710. The lowest BCUT2D eigenvalue weighted by atomic mass is 10.2. The number of anilines is 1. The minimum absolute atomic E-state index is 0.471. The van der Waals surface area contributed by atoms with Crippen LogP contribution in [0.25, 0.3) is 0 Å². The summed E-state index contributed by atoms with van der Waals surface area (Å²) in [4.78, 5) is 0. The molecule has 0 atom stereocenters. The van der Waals surface area contributed by atoms with E-state index >= 15 is 0 Å². The highest BCUT2D eigenvalue weighted by Crippen LogP contribution is 2.36. The van der Waals surface area contributed by atoms with Gasteiger partial charge in [0.15, 0.2) is 0 Å². The zero-order chi connectivity index (χ0) is 13.1. The Morgan fingerprint density at radius 1 is 1.06 bits per heavy atom. The van der Waals surface area contributed by atoms with Crippen molar-refractivity contribution in [3.8, 4) is 5.75 Å². The number of nitrogen functional groups attached to an aromatic ring is 1. The molecule has 0 amide bonds. The molecule has 0 aliphatic carbocycles. The second kappa shape index (κ2) is 5.95. The van der Waals surface area contributed by atoms with Crippen LogP contribution in [0.3, 0.4) is 0 Å². The van der Waals surface area contributed by atoms with Gasteiger partial charge >= 0.3 is 0 Å². The van der Waals surface area contributed by atoms with Crippen molar-refractivity contribution >= 4 is 49.1 Å². The molecule has 2 nitrogen and oxygen atoms in total. The highest BCUT2D eigenvalue weighted by atomic mass is 79.9. The van der Waals surface area contributed by atoms with Gasteiger partial charge < -0.3 is 10.5 Å². The largest absolute Gasteiger partial charge is 0.487 e. The average Bonchev–Trinajstić information content (AvgIpc) is 2.30. The van der Waals surface area contributed by atoms with Crippen LogP contribution in [0.2, 0.25) is 5.02 Å². The van der Waals surface area contributed by atoms with E-state index in [1.165, 1.54) is 0 Å². The van der Waals surface area contributed by atoms with E-state index in [0.717, 1.165) is 20.3 Å². The van der Waals surface area contributed by atoms with E-state index in [4.69, 9.17) is 22.1 Å². The molecular formula is C13H10Br2ClNO. The molecule has 0 radical (unpaired) electrons. The number of nitrogens with two attached hydrogens (primary N) is 1. The molecule has 0 aromatic heterocycles. The monoisotopic (exact) mass is 389 g/mol. The average molecular weight is 391 g/mol. The Morgan fingerprint density at radius 3 is 2.17 bits per heavy atom. The predicted molar refractivity (Wildman–Crippen MR) is 82.0 cm³/mol. The topological polar surface area (TPSA) is 35.2 Å². The summed E-state index contributed by atoms with van der Waals surface area (Å²) >= 11 is 12.7. The van der Waals surface area contributed by atoms with Crippen LogP contribution in [0.1, 0.15) is 5.56 Å². The Labute approximate surface area is 127 Å². The summed E-state index contributed by atoms with van der Waals surface area (Å²) in [5.74, 6) is 0.735. The molecule has 0 fully saturated rings. The molecule has 94 valence electrons. The SMILES string of the molecule is Nc1cc(Br)c(OCc2ccc(Cl)cc2)c(Br)c1. The third-order valence-electron chi connectivity index (χ3n) is 2.32. The molecule has 0 spiro atoms. The number of benzene rings is 2. The molecule has 0 saturated carbocycles. The molecule has 18 heavy (non-hydrogen) atoms. The lowest BCUT2D eigenvalue weighted by molar-refractivity contribution is 0.302. The van der Waals surface area contributed by atoms with E-state index in [1.54, 1.807) is 0 Å². The molecule has 2 aromatic carbocycles. The van der Waals surface area contributed by atoms with E-state index in [-0.39, 0.29) is 0 Å². The lowest BCUT2D eigenvalue weighted by Crippen LogP contribution is -1.97. The van der Waals surface area contributed by atoms with E-state index in [2.05, 4.69) is 31.9 Å². The van der Waals surface area contributed by atoms with Gasteiger partial charge in [-0.1, -0.05) is 23.7 Å². The quantitative estimate of drug-likeness (QED) is 0.745. The van der Waals surface area contributed by atoms with Crippen LogP contribution in [-0.2, 0) is 6.61 Å². The second-order valence-electron chi connectivity index (χ2n) is 3.73. The molecule has 5 heteroatoms. The highest BCUT2D eigenvalue weighted by Gasteiger charge is 2.08. The van der Waals surface area contributed by atoms with E-state index in [1.807, 2.05) is 36.4 Å². The van der Waals surface area contributed by atoms with Gasteiger partial charge in [0.25, 0.3) is 0 Å². The first-order chi connectivity index (χ1) is 8.56. The number of hydrogen-bond acceptors (Lipinski definition) is 2. The lowest BCUT2D eigenvalue weighted by Gasteiger charge is -2.11. The zero-order valence-electron chi connectivity index (χ0n) is 9.29. The summed E-state index contributed by atoms with van der Waals surface area (Å²) in [6.45, 7) is 0.471. The minimum atomic E-state index is 0.471. The van der Waals surface area contributed by atoms with Crippen molar-refractivity contribution in [1.82, 2.24) is 0 Å². The van der Waals surface area contributed by atoms with Crippen molar-refractivity contribution in [3.63, 3.8) is 0 Å². The van der Waals surface area contributed by atoms with Crippen molar-refractivity contribution in [2.75, 3.05) is 5.73 Å². The van der Waals surface area contributed by atoms with Crippen LogP contribution in [0.15, 0.2) is 45.3 Å². The molecule has 0 aliphatic heterocycles. The van der Waals surface area contributed by atoms with Crippen LogP contribution >= 0.6 is 43.5 Å². The van der Waals surface area contributed by atoms with Crippen LogP contribution in [0.4, 0.5) is 5.69 Å². The maximum atomic E-state index is 5.83. The Morgan fingerprint density at radius 2 is 1.61 bits per heavy atom. The van der Waals surface area contributed by atoms with Gasteiger partial charge in [-0.05, 0) is 61.7 Å². The molecule has 0 heterocycles. The van der Waals surface area contributed by atoms with Crippen molar-refractivity contribution in [2.24, 2.45) is 0 Å². The predicted octanol–water partition coefficient (Wildman–Crippen LogP) is 5.03. The minimum Gasteiger partial charge on any atom is -0.487 e. The molecule has 0 unspecified atom stereocenters. The van der Waals surface area contributed by atoms with Gasteiger partial charge in [-0.25, -0.2) is 0 Å². The number of halogens is 3. The molecule has 2 rings (SSSR count). The Kier molecular flexibility index (Phi) is 4.54. The number of hydrogen-bond donors (Lipinski definition) is 1. The van der Waals surface area contributed by atoms with Crippen molar-refractivity contribution in [3.05, 3.63) is 55.9 Å². The molecule has 0 aliphatic rings. The van der Waals surface area contributed by atoms with Crippen LogP contribution < -0.4 is 10.5 Å². The first-order valence-electron chi connectivity index (χ1n) is 5.18. The van der Waals surface area contributed by atoms with Crippen molar-refractivity contribution in [2.45, 2.75) is 6.61 Å². The fraction of sp³-hybridized carbons (Fsp3) is 0.0769. The summed E-state index contributed by atoms with van der Waals surface area (Å²) in [7, 11) is 0. The van der Waals surface area contributed by atoms with Crippen LogP contribution in [0, 0.1) is 0 Å². The summed E-state index contributed by atoms with van der Waals surface area (Å²) in [5.41, 5.74) is 7.45. The maximum absolute atomic E-state index is 5.83. The van der Waals surface area contributed by atoms with Crippen LogP contribution in [-0.4, -0.2) is 0 Å². The number of rotatable bonds is 3. The van der Waals surface area contributed by atoms with E-state index < -0.39 is 0 Å². The molecule has 2 aromatic rings. The fourth-order valence-corrected chi connectivity index (χ4v) is 3.03. The van der Waals surface area contributed by atoms with Gasteiger partial charge in [-0.2, -0.15) is 0 Å². The third-order valence-corrected chi connectivity index (χ3v) is 3.75. The first-order valence-corrected chi connectivity index (χ1v) is 7.14. The van der Waals surface area contributed by atoms with E-state index in [9.17, 15) is 0 Å². The summed E-state index contributed by atoms with van der Waals surface area (Å²) < 4.78 is 7.40. The van der Waals surface area contributed by atoms with Gasteiger partial charge in [0.1, 0.15) is 12.4 Å². The Bertz CT molecular complexity index is 534. The summed E-state index contributed by atoms with van der Waals surface area (Å²) in [6, 6.07) is 11.2.